The van der Waals surface area contributed by atoms with Crippen LogP contribution in [-0.2, 0) is 18.3 Å². The SMILES string of the molecule is NCC1(c2c3c(c(Br)c4c2OCCC4)OCCC3)CC1. The van der Waals surface area contributed by atoms with Crippen molar-refractivity contribution >= 4 is 15.9 Å². The largest absolute Gasteiger partial charge is 0.493 e. The fraction of sp³-hybridized carbons (Fsp3) is 0.625. The smallest absolute Gasteiger partial charge is 0.137 e. The molecule has 1 aliphatic carbocycles. The second kappa shape index (κ2) is 4.63. The van der Waals surface area contributed by atoms with Crippen LogP contribution in [0.15, 0.2) is 4.47 Å². The second-order valence-electron chi connectivity index (χ2n) is 6.19. The predicted octanol–water partition coefficient (Wildman–Crippen LogP) is 3.09. The van der Waals surface area contributed by atoms with Gasteiger partial charge in [0.25, 0.3) is 0 Å². The Morgan fingerprint density at radius 3 is 2.30 bits per heavy atom. The van der Waals surface area contributed by atoms with E-state index in [4.69, 9.17) is 15.2 Å². The Morgan fingerprint density at radius 1 is 1.00 bits per heavy atom. The molecule has 2 N–H and O–H groups in total. The van der Waals surface area contributed by atoms with Crippen molar-refractivity contribution in [2.45, 2.75) is 43.9 Å². The number of fused-ring (bicyclic) bond motifs is 2. The molecule has 20 heavy (non-hydrogen) atoms. The quantitative estimate of drug-likeness (QED) is 0.901. The van der Waals surface area contributed by atoms with E-state index < -0.39 is 0 Å². The molecule has 0 saturated heterocycles. The van der Waals surface area contributed by atoms with Crippen LogP contribution in [0.25, 0.3) is 0 Å². The lowest BCUT2D eigenvalue weighted by Crippen LogP contribution is -2.26. The van der Waals surface area contributed by atoms with Crippen LogP contribution in [0.3, 0.4) is 0 Å². The summed E-state index contributed by atoms with van der Waals surface area (Å²) in [5, 5.41) is 0. The lowest BCUT2D eigenvalue weighted by atomic mass is 9.84. The summed E-state index contributed by atoms with van der Waals surface area (Å²) in [6, 6.07) is 0. The van der Waals surface area contributed by atoms with Crippen LogP contribution < -0.4 is 15.2 Å². The van der Waals surface area contributed by atoms with Crippen LogP contribution in [0.2, 0.25) is 0 Å². The molecular formula is C16H20BrNO2. The topological polar surface area (TPSA) is 44.5 Å². The molecule has 1 saturated carbocycles. The van der Waals surface area contributed by atoms with Crippen LogP contribution in [0.5, 0.6) is 11.5 Å². The minimum absolute atomic E-state index is 0.160. The minimum Gasteiger partial charge on any atom is -0.493 e. The van der Waals surface area contributed by atoms with Gasteiger partial charge in [0.05, 0.1) is 17.7 Å². The molecule has 0 spiro atoms. The van der Waals surface area contributed by atoms with Crippen molar-refractivity contribution in [3.05, 3.63) is 21.2 Å². The zero-order valence-electron chi connectivity index (χ0n) is 11.6. The van der Waals surface area contributed by atoms with E-state index in [1.807, 2.05) is 0 Å². The van der Waals surface area contributed by atoms with Crippen LogP contribution in [0.4, 0.5) is 0 Å². The first-order valence-electron chi connectivity index (χ1n) is 7.60. The van der Waals surface area contributed by atoms with E-state index in [0.29, 0.717) is 0 Å². The molecule has 2 aliphatic heterocycles. The van der Waals surface area contributed by atoms with Crippen molar-refractivity contribution in [3.8, 4) is 11.5 Å². The first kappa shape index (κ1) is 13.0. The molecule has 4 rings (SSSR count). The van der Waals surface area contributed by atoms with Gasteiger partial charge >= 0.3 is 0 Å². The average Bonchev–Trinajstić information content (AvgIpc) is 3.29. The maximum atomic E-state index is 6.10. The zero-order valence-corrected chi connectivity index (χ0v) is 13.2. The third kappa shape index (κ3) is 1.74. The molecule has 1 aromatic carbocycles. The van der Waals surface area contributed by atoms with Crippen molar-refractivity contribution in [1.82, 2.24) is 0 Å². The Morgan fingerprint density at radius 2 is 1.65 bits per heavy atom. The van der Waals surface area contributed by atoms with E-state index in [-0.39, 0.29) is 5.41 Å². The van der Waals surface area contributed by atoms with E-state index in [0.717, 1.165) is 61.4 Å². The first-order valence-corrected chi connectivity index (χ1v) is 8.39. The van der Waals surface area contributed by atoms with Gasteiger partial charge < -0.3 is 15.2 Å². The van der Waals surface area contributed by atoms with E-state index in [9.17, 15) is 0 Å². The maximum absolute atomic E-state index is 6.10. The lowest BCUT2D eigenvalue weighted by molar-refractivity contribution is 0.264. The van der Waals surface area contributed by atoms with Gasteiger partial charge in [0.2, 0.25) is 0 Å². The normalized spacial score (nSPS) is 22.3. The molecule has 0 aromatic heterocycles. The number of rotatable bonds is 2. The minimum atomic E-state index is 0.160. The number of nitrogens with two attached hydrogens (primary N) is 1. The Kier molecular flexibility index (Phi) is 3.00. The van der Waals surface area contributed by atoms with Gasteiger partial charge in [-0.15, -0.1) is 0 Å². The molecule has 0 amide bonds. The van der Waals surface area contributed by atoms with Crippen molar-refractivity contribution in [2.75, 3.05) is 19.8 Å². The molecular weight excluding hydrogens is 318 g/mol. The van der Waals surface area contributed by atoms with E-state index >= 15 is 0 Å². The second-order valence-corrected chi connectivity index (χ2v) is 6.99. The molecule has 4 heteroatoms. The van der Waals surface area contributed by atoms with Crippen LogP contribution in [-0.4, -0.2) is 19.8 Å². The molecule has 0 atom stereocenters. The third-order valence-corrected chi connectivity index (χ3v) is 5.79. The first-order chi connectivity index (χ1) is 9.77. The molecule has 3 nitrogen and oxygen atoms in total. The highest BCUT2D eigenvalue weighted by atomic mass is 79.9. The van der Waals surface area contributed by atoms with Crippen molar-refractivity contribution < 1.29 is 9.47 Å². The maximum Gasteiger partial charge on any atom is 0.137 e. The fourth-order valence-electron chi connectivity index (χ4n) is 3.66. The van der Waals surface area contributed by atoms with Crippen molar-refractivity contribution in [3.63, 3.8) is 0 Å². The average molecular weight is 338 g/mol. The van der Waals surface area contributed by atoms with Crippen LogP contribution in [0, 0.1) is 0 Å². The van der Waals surface area contributed by atoms with E-state index in [2.05, 4.69) is 15.9 Å². The van der Waals surface area contributed by atoms with Gasteiger partial charge in [0, 0.05) is 28.7 Å². The summed E-state index contributed by atoms with van der Waals surface area (Å²) in [7, 11) is 0. The molecule has 1 aromatic rings. The predicted molar refractivity (Wildman–Crippen MR) is 81.7 cm³/mol. The molecule has 3 aliphatic rings. The summed E-state index contributed by atoms with van der Waals surface area (Å²) >= 11 is 3.76. The third-order valence-electron chi connectivity index (χ3n) is 4.95. The summed E-state index contributed by atoms with van der Waals surface area (Å²) in [6.45, 7) is 2.36. The lowest BCUT2D eigenvalue weighted by Gasteiger charge is -2.32. The van der Waals surface area contributed by atoms with Gasteiger partial charge in [-0.2, -0.15) is 0 Å². The Bertz CT molecular complexity index is 529. The number of hydrogen-bond donors (Lipinski definition) is 1. The standard InChI is InChI=1S/C16H20BrNO2/c17-13-11-4-2-7-19-14(11)12(16(9-18)5-6-16)10-3-1-8-20-15(10)13/h1-9,18H2. The zero-order chi connectivity index (χ0) is 13.7. The van der Waals surface area contributed by atoms with Crippen LogP contribution in [0.1, 0.15) is 42.4 Å². The highest BCUT2D eigenvalue weighted by Crippen LogP contribution is 2.57. The molecule has 0 radical (unpaired) electrons. The number of ether oxygens (including phenoxy) is 2. The Hall–Kier alpha value is -0.740. The van der Waals surface area contributed by atoms with E-state index in [1.165, 1.54) is 29.5 Å². The van der Waals surface area contributed by atoms with Gasteiger partial charge in [-0.1, -0.05) is 0 Å². The molecule has 0 unspecified atom stereocenters. The molecule has 1 fully saturated rings. The Labute approximate surface area is 127 Å². The summed E-state index contributed by atoms with van der Waals surface area (Å²) in [4.78, 5) is 0. The summed E-state index contributed by atoms with van der Waals surface area (Å²) in [5.74, 6) is 2.19. The fourth-order valence-corrected chi connectivity index (χ4v) is 4.39. The number of hydrogen-bond acceptors (Lipinski definition) is 3. The molecule has 108 valence electrons. The van der Waals surface area contributed by atoms with Gasteiger partial charge in [-0.3, -0.25) is 0 Å². The summed E-state index contributed by atoms with van der Waals surface area (Å²) < 4.78 is 13.2. The number of halogens is 1. The highest BCUT2D eigenvalue weighted by molar-refractivity contribution is 9.10. The molecule has 2 heterocycles. The van der Waals surface area contributed by atoms with Crippen molar-refractivity contribution in [1.29, 1.82) is 0 Å². The van der Waals surface area contributed by atoms with Crippen LogP contribution >= 0.6 is 15.9 Å². The highest BCUT2D eigenvalue weighted by Gasteiger charge is 2.48. The monoisotopic (exact) mass is 337 g/mol. The van der Waals surface area contributed by atoms with Gasteiger partial charge in [0.15, 0.2) is 0 Å². The van der Waals surface area contributed by atoms with E-state index in [1.54, 1.807) is 0 Å². The van der Waals surface area contributed by atoms with Gasteiger partial charge in [0.1, 0.15) is 11.5 Å². The van der Waals surface area contributed by atoms with Gasteiger partial charge in [-0.05, 0) is 54.5 Å². The summed E-state index contributed by atoms with van der Waals surface area (Å²) in [6.07, 6.45) is 6.70. The molecule has 0 bridgehead atoms. The summed E-state index contributed by atoms with van der Waals surface area (Å²) in [5.41, 5.74) is 10.3. The van der Waals surface area contributed by atoms with Crippen molar-refractivity contribution in [2.24, 2.45) is 5.73 Å². The number of benzene rings is 1. The van der Waals surface area contributed by atoms with Gasteiger partial charge in [-0.25, -0.2) is 0 Å². The Balaban J connectivity index is 1.99.